The summed E-state index contributed by atoms with van der Waals surface area (Å²) in [5.74, 6) is -0.113. The van der Waals surface area contributed by atoms with Crippen molar-refractivity contribution in [2.75, 3.05) is 46.4 Å². The highest BCUT2D eigenvalue weighted by Crippen LogP contribution is 2.12. The lowest BCUT2D eigenvalue weighted by Crippen LogP contribution is -2.26. The lowest BCUT2D eigenvalue weighted by molar-refractivity contribution is -0.144. The lowest BCUT2D eigenvalue weighted by atomic mass is 10.1. The second-order valence-corrected chi connectivity index (χ2v) is 12.4. The topological polar surface area (TPSA) is 67.9 Å². The Morgan fingerprint density at radius 3 is 1.29 bits per heavy atom. The molecule has 0 bridgehead atoms. The first-order valence-corrected chi connectivity index (χ1v) is 18.3. The Kier molecular flexibility index (Phi) is 33.4. The number of esters is 2. The predicted octanol–water partition coefficient (Wildman–Crippen LogP) is 9.39. The molecule has 0 aliphatic carbocycles. The molecule has 0 amide bonds. The van der Waals surface area contributed by atoms with E-state index in [0.717, 1.165) is 58.3 Å². The summed E-state index contributed by atoms with van der Waals surface area (Å²) in [5.41, 5.74) is 0. The first-order valence-electron chi connectivity index (χ1n) is 18.3. The minimum Gasteiger partial charge on any atom is -0.466 e. The first-order chi connectivity index (χ1) is 20.6. The zero-order chi connectivity index (χ0) is 30.8. The summed E-state index contributed by atoms with van der Waals surface area (Å²) >= 11 is 0. The van der Waals surface area contributed by atoms with Gasteiger partial charge in [0.15, 0.2) is 0 Å². The molecule has 6 nitrogen and oxygen atoms in total. The highest BCUT2D eigenvalue weighted by atomic mass is 16.5. The van der Waals surface area contributed by atoms with Gasteiger partial charge in [0.05, 0.1) is 13.2 Å². The van der Waals surface area contributed by atoms with Crippen molar-refractivity contribution in [2.24, 2.45) is 0 Å². The Balaban J connectivity index is 3.35. The Labute approximate surface area is 261 Å². The zero-order valence-corrected chi connectivity index (χ0v) is 28.5. The average molecular weight is 597 g/mol. The van der Waals surface area contributed by atoms with Gasteiger partial charge in [-0.25, -0.2) is 0 Å². The molecule has 0 fully saturated rings. The van der Waals surface area contributed by atoms with Crippen LogP contribution in [0.5, 0.6) is 0 Å². The van der Waals surface area contributed by atoms with Gasteiger partial charge >= 0.3 is 11.9 Å². The third-order valence-electron chi connectivity index (χ3n) is 8.07. The van der Waals surface area contributed by atoms with Gasteiger partial charge in [-0.1, -0.05) is 129 Å². The van der Waals surface area contributed by atoms with Gasteiger partial charge in [-0.2, -0.15) is 0 Å². The minimum atomic E-state index is -0.0607. The van der Waals surface area contributed by atoms with Gasteiger partial charge in [-0.15, -0.1) is 0 Å². The van der Waals surface area contributed by atoms with Crippen LogP contribution in [0.2, 0.25) is 0 Å². The van der Waals surface area contributed by atoms with Crippen LogP contribution in [0.25, 0.3) is 0 Å². The van der Waals surface area contributed by atoms with Gasteiger partial charge in [-0.05, 0) is 65.3 Å². The molecule has 0 aromatic heterocycles. The molecule has 1 N–H and O–H groups in total. The molecule has 0 saturated carbocycles. The molecule has 250 valence electrons. The first kappa shape index (κ1) is 40.9. The molecule has 0 aromatic carbocycles. The van der Waals surface area contributed by atoms with Crippen LogP contribution in [-0.2, 0) is 19.1 Å². The second kappa shape index (κ2) is 34.4. The van der Waals surface area contributed by atoms with Gasteiger partial charge in [0.2, 0.25) is 0 Å². The van der Waals surface area contributed by atoms with E-state index in [1.807, 2.05) is 0 Å². The van der Waals surface area contributed by atoms with Crippen LogP contribution in [0.15, 0.2) is 0 Å². The maximum absolute atomic E-state index is 12.0. The number of carbonyl (C=O) groups excluding carboxylic acids is 2. The number of rotatable bonds is 34. The Morgan fingerprint density at radius 2 is 0.833 bits per heavy atom. The van der Waals surface area contributed by atoms with Crippen LogP contribution < -0.4 is 5.32 Å². The molecule has 0 saturated heterocycles. The Hall–Kier alpha value is -1.14. The van der Waals surface area contributed by atoms with Crippen LogP contribution >= 0.6 is 0 Å². The number of ether oxygens (including phenoxy) is 2. The lowest BCUT2D eigenvalue weighted by Gasteiger charge is -2.16. The number of nitrogens with one attached hydrogen (secondary N) is 1. The molecule has 0 aliphatic heterocycles. The summed E-state index contributed by atoms with van der Waals surface area (Å²) in [5, 5.41) is 3.43. The van der Waals surface area contributed by atoms with Crippen LogP contribution in [0, 0.1) is 0 Å². The fraction of sp³-hybridized carbons (Fsp3) is 0.944. The molecule has 0 radical (unpaired) electrons. The predicted molar refractivity (Wildman–Crippen MR) is 179 cm³/mol. The third kappa shape index (κ3) is 33.4. The number of hydrogen-bond donors (Lipinski definition) is 1. The van der Waals surface area contributed by atoms with E-state index in [1.165, 1.54) is 116 Å². The van der Waals surface area contributed by atoms with Gasteiger partial charge in [0.1, 0.15) is 0 Å². The van der Waals surface area contributed by atoms with Crippen LogP contribution in [0.3, 0.4) is 0 Å². The van der Waals surface area contributed by atoms with Crippen molar-refractivity contribution in [2.45, 2.75) is 174 Å². The molecular formula is C36H72N2O4. The normalized spacial score (nSPS) is 11.3. The monoisotopic (exact) mass is 597 g/mol. The number of carbonyl (C=O) groups is 2. The van der Waals surface area contributed by atoms with Crippen LogP contribution in [0.1, 0.15) is 174 Å². The highest BCUT2D eigenvalue weighted by Gasteiger charge is 2.06. The Bertz CT molecular complexity index is 573. The number of unbranched alkanes of at least 4 members (excludes halogenated alkanes) is 18. The van der Waals surface area contributed by atoms with E-state index < -0.39 is 0 Å². The summed E-state index contributed by atoms with van der Waals surface area (Å²) in [6.07, 6.45) is 29.6. The fourth-order valence-corrected chi connectivity index (χ4v) is 5.26. The highest BCUT2D eigenvalue weighted by molar-refractivity contribution is 5.69. The van der Waals surface area contributed by atoms with Crippen molar-refractivity contribution in [3.8, 4) is 0 Å². The molecule has 0 aliphatic rings. The summed E-state index contributed by atoms with van der Waals surface area (Å²) in [6, 6.07) is 0. The molecule has 0 spiro atoms. The van der Waals surface area contributed by atoms with E-state index in [1.54, 1.807) is 0 Å². The van der Waals surface area contributed by atoms with Crippen molar-refractivity contribution in [1.29, 1.82) is 0 Å². The van der Waals surface area contributed by atoms with E-state index in [2.05, 4.69) is 31.1 Å². The summed E-state index contributed by atoms with van der Waals surface area (Å²) < 4.78 is 10.8. The SMILES string of the molecule is CCCCCCCCCCCCOC(=O)CCCNCCCN(C)CCCC(=O)OCCCCCCCCCCCC. The minimum absolute atomic E-state index is 0.0528. The van der Waals surface area contributed by atoms with E-state index in [4.69, 9.17) is 9.47 Å². The fourth-order valence-electron chi connectivity index (χ4n) is 5.26. The molecule has 0 heterocycles. The van der Waals surface area contributed by atoms with Gasteiger partial charge in [0.25, 0.3) is 0 Å². The molecule has 6 heteroatoms. The molecule has 0 unspecified atom stereocenters. The molecule has 0 aromatic rings. The van der Waals surface area contributed by atoms with Gasteiger partial charge in [-0.3, -0.25) is 9.59 Å². The molecule has 0 rings (SSSR count). The quantitative estimate of drug-likeness (QED) is 0.0589. The summed E-state index contributed by atoms with van der Waals surface area (Å²) in [6.45, 7) is 9.38. The largest absolute Gasteiger partial charge is 0.466 e. The molecule has 0 atom stereocenters. The molecule has 42 heavy (non-hydrogen) atoms. The van der Waals surface area contributed by atoms with E-state index in [-0.39, 0.29) is 11.9 Å². The van der Waals surface area contributed by atoms with Crippen molar-refractivity contribution in [1.82, 2.24) is 10.2 Å². The average Bonchev–Trinajstić information content (AvgIpc) is 2.98. The van der Waals surface area contributed by atoms with Crippen LogP contribution in [-0.4, -0.2) is 63.3 Å². The summed E-state index contributed by atoms with van der Waals surface area (Å²) in [7, 11) is 2.11. The number of nitrogens with zero attached hydrogens (tertiary/aromatic N) is 1. The van der Waals surface area contributed by atoms with E-state index >= 15 is 0 Å². The van der Waals surface area contributed by atoms with Crippen molar-refractivity contribution in [3.05, 3.63) is 0 Å². The van der Waals surface area contributed by atoms with E-state index in [0.29, 0.717) is 26.1 Å². The van der Waals surface area contributed by atoms with Crippen molar-refractivity contribution < 1.29 is 19.1 Å². The van der Waals surface area contributed by atoms with Crippen molar-refractivity contribution >= 4 is 11.9 Å². The van der Waals surface area contributed by atoms with Gasteiger partial charge < -0.3 is 19.7 Å². The van der Waals surface area contributed by atoms with E-state index in [9.17, 15) is 9.59 Å². The third-order valence-corrected chi connectivity index (χ3v) is 8.07. The maximum Gasteiger partial charge on any atom is 0.305 e. The smallest absolute Gasteiger partial charge is 0.305 e. The maximum atomic E-state index is 12.0. The van der Waals surface area contributed by atoms with Crippen molar-refractivity contribution in [3.63, 3.8) is 0 Å². The second-order valence-electron chi connectivity index (χ2n) is 12.4. The zero-order valence-electron chi connectivity index (χ0n) is 28.5. The standard InChI is InChI=1S/C36H72N2O4/c1-4-6-8-10-12-14-16-18-20-22-33-41-35(39)27-24-29-37-30-26-32-38(3)31-25-28-36(40)42-34-23-21-19-17-15-13-11-9-7-5-2/h37H,4-34H2,1-3H3. The van der Waals surface area contributed by atoms with Gasteiger partial charge in [0, 0.05) is 12.8 Å². The summed E-state index contributed by atoms with van der Waals surface area (Å²) in [4.78, 5) is 26.1. The Morgan fingerprint density at radius 1 is 0.476 bits per heavy atom. The molecular weight excluding hydrogens is 524 g/mol. The van der Waals surface area contributed by atoms with Crippen LogP contribution in [0.4, 0.5) is 0 Å². The number of hydrogen-bond acceptors (Lipinski definition) is 6.